The van der Waals surface area contributed by atoms with Crippen molar-refractivity contribution in [3.63, 3.8) is 0 Å². The molecule has 0 unspecified atom stereocenters. The molecule has 0 fully saturated rings. The average molecular weight is 251 g/mol. The number of methoxy groups -OCH3 is 1. The molecule has 0 bridgehead atoms. The Morgan fingerprint density at radius 3 is 2.11 bits per heavy atom. The number of rotatable bonds is 1. The Bertz CT molecular complexity index is 793. The first-order chi connectivity index (χ1) is 9.19. The van der Waals surface area contributed by atoms with Crippen molar-refractivity contribution in [3.05, 3.63) is 54.1 Å². The van der Waals surface area contributed by atoms with E-state index in [1.54, 1.807) is 6.07 Å². The van der Waals surface area contributed by atoms with Gasteiger partial charge in [-0.25, -0.2) is 4.79 Å². The molecule has 3 nitrogen and oxygen atoms in total. The molecule has 3 rings (SSSR count). The molecule has 0 aliphatic rings. The predicted molar refractivity (Wildman–Crippen MR) is 77.2 cm³/mol. The van der Waals surface area contributed by atoms with Crippen LogP contribution in [0.15, 0.2) is 48.5 Å². The van der Waals surface area contributed by atoms with Crippen LogP contribution in [-0.4, -0.2) is 13.1 Å². The molecular weight excluding hydrogens is 238 g/mol. The number of hydrogen-bond acceptors (Lipinski definition) is 3. The normalized spacial score (nSPS) is 10.8. The minimum Gasteiger partial charge on any atom is -0.465 e. The second-order valence-corrected chi connectivity index (χ2v) is 4.48. The molecule has 0 saturated heterocycles. The maximum absolute atomic E-state index is 11.6. The fraction of sp³-hybridized carbons (Fsp3) is 0.0625. The molecule has 3 heteroatoms. The molecule has 3 aromatic carbocycles. The van der Waals surface area contributed by atoms with Gasteiger partial charge in [-0.15, -0.1) is 0 Å². The van der Waals surface area contributed by atoms with E-state index in [2.05, 4.69) is 18.2 Å². The van der Waals surface area contributed by atoms with Crippen LogP contribution in [0, 0.1) is 0 Å². The van der Waals surface area contributed by atoms with Crippen molar-refractivity contribution >= 4 is 33.2 Å². The van der Waals surface area contributed by atoms with Crippen molar-refractivity contribution in [3.8, 4) is 0 Å². The van der Waals surface area contributed by atoms with Crippen molar-refractivity contribution in [2.75, 3.05) is 12.8 Å². The summed E-state index contributed by atoms with van der Waals surface area (Å²) in [5.74, 6) is -0.410. The second-order valence-electron chi connectivity index (χ2n) is 4.48. The van der Waals surface area contributed by atoms with E-state index >= 15 is 0 Å². The minimum absolute atomic E-state index is 0.408. The lowest BCUT2D eigenvalue weighted by molar-refractivity contribution is 0.0602. The molecule has 0 aromatic heterocycles. The molecular formula is C16H13NO2. The summed E-state index contributed by atoms with van der Waals surface area (Å²) in [4.78, 5) is 11.6. The molecule has 3 aromatic rings. The highest BCUT2D eigenvalue weighted by atomic mass is 16.5. The van der Waals surface area contributed by atoms with E-state index in [1.807, 2.05) is 24.3 Å². The smallest absolute Gasteiger partial charge is 0.339 e. The summed E-state index contributed by atoms with van der Waals surface area (Å²) in [6, 6.07) is 15.8. The summed E-state index contributed by atoms with van der Waals surface area (Å²) in [6.45, 7) is 0. The fourth-order valence-electron chi connectivity index (χ4n) is 2.30. The third-order valence-corrected chi connectivity index (χ3v) is 3.28. The molecule has 0 aliphatic heterocycles. The number of hydrogen-bond donors (Lipinski definition) is 1. The zero-order valence-electron chi connectivity index (χ0n) is 10.5. The molecule has 0 amide bonds. The van der Waals surface area contributed by atoms with Crippen LogP contribution < -0.4 is 5.73 Å². The zero-order valence-corrected chi connectivity index (χ0v) is 10.5. The Morgan fingerprint density at radius 1 is 0.947 bits per heavy atom. The van der Waals surface area contributed by atoms with E-state index in [4.69, 9.17) is 10.5 Å². The maximum Gasteiger partial charge on any atom is 0.339 e. The Hall–Kier alpha value is -2.55. The molecule has 0 radical (unpaired) electrons. The SMILES string of the molecule is COC(=O)c1cc2cc3ccccc3cc2cc1N. The van der Waals surface area contributed by atoms with E-state index in [-0.39, 0.29) is 0 Å². The van der Waals surface area contributed by atoms with Gasteiger partial charge in [0.1, 0.15) is 0 Å². The number of carbonyl (C=O) groups is 1. The number of nitrogens with two attached hydrogens (primary N) is 1. The zero-order chi connectivity index (χ0) is 13.4. The number of esters is 1. The lowest BCUT2D eigenvalue weighted by Gasteiger charge is -2.07. The lowest BCUT2D eigenvalue weighted by atomic mass is 10.0. The molecule has 0 spiro atoms. The molecule has 2 N–H and O–H groups in total. The van der Waals surface area contributed by atoms with Crippen LogP contribution in [0.25, 0.3) is 21.5 Å². The summed E-state index contributed by atoms with van der Waals surface area (Å²) in [7, 11) is 1.35. The minimum atomic E-state index is -0.410. The Morgan fingerprint density at radius 2 is 1.53 bits per heavy atom. The summed E-state index contributed by atoms with van der Waals surface area (Å²) >= 11 is 0. The van der Waals surface area contributed by atoms with E-state index in [9.17, 15) is 4.79 Å². The number of nitrogen functional groups attached to an aromatic ring is 1. The average Bonchev–Trinajstić information content (AvgIpc) is 2.43. The van der Waals surface area contributed by atoms with Crippen LogP contribution in [0.5, 0.6) is 0 Å². The number of fused-ring (bicyclic) bond motifs is 2. The van der Waals surface area contributed by atoms with Gasteiger partial charge in [0.15, 0.2) is 0 Å². The predicted octanol–water partition coefficient (Wildman–Crippen LogP) is 3.36. The quantitative estimate of drug-likeness (QED) is 0.410. The van der Waals surface area contributed by atoms with Crippen molar-refractivity contribution in [2.45, 2.75) is 0 Å². The molecule has 19 heavy (non-hydrogen) atoms. The van der Waals surface area contributed by atoms with E-state index in [0.717, 1.165) is 21.5 Å². The third-order valence-electron chi connectivity index (χ3n) is 3.28. The topological polar surface area (TPSA) is 52.3 Å². The van der Waals surface area contributed by atoms with Gasteiger partial charge >= 0.3 is 5.97 Å². The van der Waals surface area contributed by atoms with E-state index < -0.39 is 5.97 Å². The van der Waals surface area contributed by atoms with Gasteiger partial charge in [-0.3, -0.25) is 0 Å². The highest BCUT2D eigenvalue weighted by molar-refractivity contribution is 6.05. The number of carbonyl (C=O) groups excluding carboxylic acids is 1. The molecule has 0 heterocycles. The number of anilines is 1. The first-order valence-electron chi connectivity index (χ1n) is 5.99. The monoisotopic (exact) mass is 251 g/mol. The fourth-order valence-corrected chi connectivity index (χ4v) is 2.30. The maximum atomic E-state index is 11.6. The second kappa shape index (κ2) is 4.28. The van der Waals surface area contributed by atoms with Crippen LogP contribution in [0.1, 0.15) is 10.4 Å². The highest BCUT2D eigenvalue weighted by Gasteiger charge is 2.11. The Labute approximate surface area is 110 Å². The van der Waals surface area contributed by atoms with Crippen molar-refractivity contribution in [1.82, 2.24) is 0 Å². The molecule has 94 valence electrons. The van der Waals surface area contributed by atoms with E-state index in [1.165, 1.54) is 7.11 Å². The molecule has 0 atom stereocenters. The summed E-state index contributed by atoms with van der Waals surface area (Å²) in [5.41, 5.74) is 6.75. The van der Waals surface area contributed by atoms with Crippen molar-refractivity contribution in [2.24, 2.45) is 0 Å². The van der Waals surface area contributed by atoms with Crippen LogP contribution >= 0.6 is 0 Å². The van der Waals surface area contributed by atoms with Gasteiger partial charge in [0.25, 0.3) is 0 Å². The van der Waals surface area contributed by atoms with E-state index in [0.29, 0.717) is 11.3 Å². The van der Waals surface area contributed by atoms with Crippen LogP contribution in [0.2, 0.25) is 0 Å². The lowest BCUT2D eigenvalue weighted by Crippen LogP contribution is -2.05. The van der Waals surface area contributed by atoms with Gasteiger partial charge in [0.05, 0.1) is 12.7 Å². The van der Waals surface area contributed by atoms with Gasteiger partial charge < -0.3 is 10.5 Å². The van der Waals surface area contributed by atoms with Gasteiger partial charge in [0, 0.05) is 5.69 Å². The van der Waals surface area contributed by atoms with Gasteiger partial charge in [-0.2, -0.15) is 0 Å². The van der Waals surface area contributed by atoms with Crippen LogP contribution in [-0.2, 0) is 4.74 Å². The number of benzene rings is 3. The van der Waals surface area contributed by atoms with Gasteiger partial charge in [-0.1, -0.05) is 24.3 Å². The summed E-state index contributed by atoms with van der Waals surface area (Å²) in [5, 5.41) is 4.29. The number of ether oxygens (including phenoxy) is 1. The van der Waals surface area contributed by atoms with Gasteiger partial charge in [0.2, 0.25) is 0 Å². The highest BCUT2D eigenvalue weighted by Crippen LogP contribution is 2.27. The van der Waals surface area contributed by atoms with Crippen LogP contribution in [0.4, 0.5) is 5.69 Å². The first-order valence-corrected chi connectivity index (χ1v) is 5.99. The van der Waals surface area contributed by atoms with Gasteiger partial charge in [-0.05, 0) is 45.8 Å². The summed E-state index contributed by atoms with van der Waals surface area (Å²) < 4.78 is 4.73. The van der Waals surface area contributed by atoms with Crippen LogP contribution in [0.3, 0.4) is 0 Å². The van der Waals surface area contributed by atoms with Crippen molar-refractivity contribution < 1.29 is 9.53 Å². The Balaban J connectivity index is 2.33. The molecule has 0 saturated carbocycles. The largest absolute Gasteiger partial charge is 0.465 e. The first kappa shape index (κ1) is 11.5. The third kappa shape index (κ3) is 1.89. The summed E-state index contributed by atoms with van der Waals surface area (Å²) in [6.07, 6.45) is 0. The van der Waals surface area contributed by atoms with Crippen molar-refractivity contribution in [1.29, 1.82) is 0 Å². The molecule has 0 aliphatic carbocycles. The standard InChI is InChI=1S/C16H13NO2/c1-19-16(18)14-8-12-6-10-4-2-3-5-11(10)7-13(12)9-15(14)17/h2-9H,17H2,1H3. The Kier molecular flexibility index (Phi) is 2.60.